The van der Waals surface area contributed by atoms with Crippen molar-refractivity contribution in [3.63, 3.8) is 0 Å². The third-order valence-corrected chi connectivity index (χ3v) is 4.72. The molecule has 3 nitrogen and oxygen atoms in total. The van der Waals surface area contributed by atoms with Crippen molar-refractivity contribution in [1.29, 1.82) is 5.26 Å². The van der Waals surface area contributed by atoms with E-state index < -0.39 is 5.54 Å². The summed E-state index contributed by atoms with van der Waals surface area (Å²) in [6.45, 7) is 2.19. The van der Waals surface area contributed by atoms with Crippen LogP contribution >= 0.6 is 11.3 Å². The van der Waals surface area contributed by atoms with E-state index in [1.807, 2.05) is 11.4 Å². The summed E-state index contributed by atoms with van der Waals surface area (Å²) in [5.74, 6) is 0.603. The van der Waals surface area contributed by atoms with Crippen molar-refractivity contribution in [2.24, 2.45) is 5.92 Å². The Kier molecular flexibility index (Phi) is 4.03. The first-order valence-corrected chi connectivity index (χ1v) is 7.34. The van der Waals surface area contributed by atoms with Gasteiger partial charge in [-0.1, -0.05) is 19.4 Å². The lowest BCUT2D eigenvalue weighted by atomic mass is 9.76. The zero-order valence-electron chi connectivity index (χ0n) is 10.6. The molecule has 1 amide bonds. The molecule has 1 fully saturated rings. The normalized spacial score (nSPS) is 27.4. The minimum Gasteiger partial charge on any atom is -0.333 e. The highest BCUT2D eigenvalue weighted by atomic mass is 32.1. The Hall–Kier alpha value is -1.34. The molecule has 0 unspecified atom stereocenters. The third kappa shape index (κ3) is 2.73. The van der Waals surface area contributed by atoms with Crippen molar-refractivity contribution < 1.29 is 4.79 Å². The quantitative estimate of drug-likeness (QED) is 0.908. The number of rotatable bonds is 3. The fourth-order valence-electron chi connectivity index (χ4n) is 2.53. The van der Waals surface area contributed by atoms with Crippen LogP contribution in [0.15, 0.2) is 17.5 Å². The van der Waals surface area contributed by atoms with Crippen LogP contribution in [0.2, 0.25) is 0 Å². The van der Waals surface area contributed by atoms with Gasteiger partial charge >= 0.3 is 0 Å². The lowest BCUT2D eigenvalue weighted by Crippen LogP contribution is -2.49. The maximum atomic E-state index is 12.0. The standard InChI is InChI=1S/C14H18N2OS/c1-2-11-5-7-14(10-15,8-6-11)16-13(17)12-4-3-9-18-12/h3-4,9,11H,2,5-8H2,1H3,(H,16,17). The van der Waals surface area contributed by atoms with Gasteiger partial charge in [-0.05, 0) is 43.0 Å². The summed E-state index contributed by atoms with van der Waals surface area (Å²) in [6, 6.07) is 5.98. The molecule has 1 aromatic rings. The van der Waals surface area contributed by atoms with E-state index >= 15 is 0 Å². The van der Waals surface area contributed by atoms with Gasteiger partial charge in [-0.25, -0.2) is 0 Å². The Morgan fingerprint density at radius 2 is 2.33 bits per heavy atom. The lowest BCUT2D eigenvalue weighted by Gasteiger charge is -2.35. The summed E-state index contributed by atoms with van der Waals surface area (Å²) in [5, 5.41) is 14.2. The zero-order valence-corrected chi connectivity index (χ0v) is 11.4. The van der Waals surface area contributed by atoms with Crippen LogP contribution in [0.3, 0.4) is 0 Å². The van der Waals surface area contributed by atoms with Crippen LogP contribution in [0.5, 0.6) is 0 Å². The smallest absolute Gasteiger partial charge is 0.262 e. The van der Waals surface area contributed by atoms with Crippen molar-refractivity contribution in [2.45, 2.75) is 44.6 Å². The van der Waals surface area contributed by atoms with Crippen molar-refractivity contribution in [2.75, 3.05) is 0 Å². The van der Waals surface area contributed by atoms with Crippen LogP contribution in [0.1, 0.15) is 48.7 Å². The molecule has 0 atom stereocenters. The van der Waals surface area contributed by atoms with E-state index in [0.29, 0.717) is 10.8 Å². The third-order valence-electron chi connectivity index (χ3n) is 3.85. The second-order valence-electron chi connectivity index (χ2n) is 4.98. The second kappa shape index (κ2) is 5.53. The number of thiophene rings is 1. The molecule has 18 heavy (non-hydrogen) atoms. The lowest BCUT2D eigenvalue weighted by molar-refractivity contribution is 0.0895. The number of carbonyl (C=O) groups is 1. The maximum absolute atomic E-state index is 12.0. The molecular formula is C14H18N2OS. The SMILES string of the molecule is CCC1CCC(C#N)(NC(=O)c2cccs2)CC1. The first-order valence-electron chi connectivity index (χ1n) is 6.46. The highest BCUT2D eigenvalue weighted by Crippen LogP contribution is 2.33. The first-order chi connectivity index (χ1) is 8.69. The number of hydrogen-bond donors (Lipinski definition) is 1. The van der Waals surface area contributed by atoms with Gasteiger partial charge in [0, 0.05) is 0 Å². The monoisotopic (exact) mass is 262 g/mol. The highest BCUT2D eigenvalue weighted by Gasteiger charge is 2.36. The molecule has 2 rings (SSSR count). The average Bonchev–Trinajstić information content (AvgIpc) is 2.93. The van der Waals surface area contributed by atoms with Crippen LogP contribution < -0.4 is 5.32 Å². The molecule has 1 aliphatic carbocycles. The Morgan fingerprint density at radius 3 is 2.83 bits per heavy atom. The van der Waals surface area contributed by atoms with E-state index in [4.69, 9.17) is 0 Å². The molecule has 1 heterocycles. The summed E-state index contributed by atoms with van der Waals surface area (Å²) in [7, 11) is 0. The van der Waals surface area contributed by atoms with Gasteiger partial charge in [-0.15, -0.1) is 11.3 Å². The van der Waals surface area contributed by atoms with Crippen molar-refractivity contribution >= 4 is 17.2 Å². The summed E-state index contributed by atoms with van der Waals surface area (Å²) in [6.07, 6.45) is 4.79. The van der Waals surface area contributed by atoms with Gasteiger partial charge in [0.05, 0.1) is 10.9 Å². The molecule has 0 bridgehead atoms. The molecule has 96 valence electrons. The van der Waals surface area contributed by atoms with Gasteiger partial charge in [0.15, 0.2) is 0 Å². The Bertz CT molecular complexity index is 439. The Balaban J connectivity index is 2.02. The minimum atomic E-state index is -0.646. The van der Waals surface area contributed by atoms with E-state index in [9.17, 15) is 10.1 Å². The number of nitriles is 1. The molecule has 0 aliphatic heterocycles. The van der Waals surface area contributed by atoms with E-state index in [0.717, 1.165) is 25.7 Å². The molecular weight excluding hydrogens is 244 g/mol. The van der Waals surface area contributed by atoms with Gasteiger partial charge in [0.2, 0.25) is 0 Å². The number of nitrogens with zero attached hydrogens (tertiary/aromatic N) is 1. The summed E-state index contributed by atoms with van der Waals surface area (Å²) < 4.78 is 0. The van der Waals surface area contributed by atoms with Crippen LogP contribution in [0.25, 0.3) is 0 Å². The van der Waals surface area contributed by atoms with Crippen molar-refractivity contribution in [3.05, 3.63) is 22.4 Å². The largest absolute Gasteiger partial charge is 0.333 e. The highest BCUT2D eigenvalue weighted by molar-refractivity contribution is 7.12. The van der Waals surface area contributed by atoms with E-state index in [1.54, 1.807) is 6.07 Å². The van der Waals surface area contributed by atoms with Crippen LogP contribution in [-0.2, 0) is 0 Å². The van der Waals surface area contributed by atoms with E-state index in [1.165, 1.54) is 17.8 Å². The Labute approximate surface area is 112 Å². The molecule has 1 aromatic heterocycles. The van der Waals surface area contributed by atoms with Crippen molar-refractivity contribution in [1.82, 2.24) is 5.32 Å². The Morgan fingerprint density at radius 1 is 1.61 bits per heavy atom. The number of nitrogens with one attached hydrogen (secondary N) is 1. The fraction of sp³-hybridized carbons (Fsp3) is 0.571. The van der Waals surface area contributed by atoms with Gasteiger partial charge in [0.1, 0.15) is 5.54 Å². The maximum Gasteiger partial charge on any atom is 0.262 e. The summed E-state index contributed by atoms with van der Waals surface area (Å²) in [4.78, 5) is 12.7. The zero-order chi connectivity index (χ0) is 13.0. The van der Waals surface area contributed by atoms with Crippen LogP contribution in [-0.4, -0.2) is 11.4 Å². The molecule has 0 spiro atoms. The predicted molar refractivity (Wildman–Crippen MR) is 72.4 cm³/mol. The number of hydrogen-bond acceptors (Lipinski definition) is 3. The topological polar surface area (TPSA) is 52.9 Å². The number of carbonyl (C=O) groups excluding carboxylic acids is 1. The van der Waals surface area contributed by atoms with Crippen LogP contribution in [0, 0.1) is 17.2 Å². The molecule has 1 aliphatic rings. The fourth-order valence-corrected chi connectivity index (χ4v) is 3.15. The molecule has 1 saturated carbocycles. The van der Waals surface area contributed by atoms with E-state index in [2.05, 4.69) is 18.3 Å². The average molecular weight is 262 g/mol. The van der Waals surface area contributed by atoms with Gasteiger partial charge in [-0.3, -0.25) is 4.79 Å². The number of amides is 1. The molecule has 0 radical (unpaired) electrons. The molecule has 1 N–H and O–H groups in total. The second-order valence-corrected chi connectivity index (χ2v) is 5.92. The summed E-state index contributed by atoms with van der Waals surface area (Å²) in [5.41, 5.74) is -0.646. The molecule has 0 saturated heterocycles. The predicted octanol–water partition coefficient (Wildman–Crippen LogP) is 3.34. The molecule has 0 aromatic carbocycles. The van der Waals surface area contributed by atoms with Crippen LogP contribution in [0.4, 0.5) is 0 Å². The summed E-state index contributed by atoms with van der Waals surface area (Å²) >= 11 is 1.41. The minimum absolute atomic E-state index is 0.110. The van der Waals surface area contributed by atoms with Crippen molar-refractivity contribution in [3.8, 4) is 6.07 Å². The van der Waals surface area contributed by atoms with Gasteiger partial charge in [0.25, 0.3) is 5.91 Å². The van der Waals surface area contributed by atoms with Gasteiger partial charge < -0.3 is 5.32 Å². The van der Waals surface area contributed by atoms with E-state index in [-0.39, 0.29) is 5.91 Å². The van der Waals surface area contributed by atoms with Gasteiger partial charge in [-0.2, -0.15) is 5.26 Å². The molecule has 4 heteroatoms. The first kappa shape index (κ1) is 13.1.